The molecule has 8 heteroatoms. The molecular weight excluding hydrogens is 535 g/mol. The molecule has 0 saturated heterocycles. The maximum absolute atomic E-state index is 6.85. The summed E-state index contributed by atoms with van der Waals surface area (Å²) in [5.74, 6) is 3.11. The molecule has 0 spiro atoms. The number of rotatable bonds is 4. The molecule has 0 radical (unpaired) electrons. The van der Waals surface area contributed by atoms with E-state index in [0.29, 0.717) is 50.8 Å². The van der Waals surface area contributed by atoms with Crippen LogP contribution in [0.25, 0.3) is 10.8 Å². The first-order chi connectivity index (χ1) is 19.0. The summed E-state index contributed by atoms with van der Waals surface area (Å²) in [6.45, 7) is 4.00. The van der Waals surface area contributed by atoms with Gasteiger partial charge in [0.15, 0.2) is 23.0 Å². The molecule has 5 aromatic carbocycles. The van der Waals surface area contributed by atoms with Gasteiger partial charge in [0.25, 0.3) is 0 Å². The van der Waals surface area contributed by atoms with Crippen LogP contribution in [0.1, 0.15) is 11.1 Å². The van der Waals surface area contributed by atoms with E-state index in [1.54, 1.807) is 6.07 Å². The normalized spacial score (nSPS) is 12.5. The molecule has 7 rings (SSSR count). The zero-order chi connectivity index (χ0) is 26.7. The Kier molecular flexibility index (Phi) is 5.61. The minimum atomic E-state index is 0.0425. The van der Waals surface area contributed by atoms with Gasteiger partial charge in [0.05, 0.1) is 0 Å². The number of hydrogen-bond donors (Lipinski definition) is 0. The molecule has 0 N–H and O–H groups in total. The van der Waals surface area contributed by atoms with E-state index in [1.165, 1.54) is 0 Å². The molecule has 0 unspecified atom stereocenters. The first-order valence-electron chi connectivity index (χ1n) is 12.3. The van der Waals surface area contributed by atoms with E-state index < -0.39 is 0 Å². The fraction of sp³-hybridized carbons (Fsp3) is 0.0968. The van der Waals surface area contributed by atoms with Crippen molar-refractivity contribution in [1.82, 2.24) is 0 Å². The van der Waals surface area contributed by atoms with Crippen molar-refractivity contribution >= 4 is 45.3 Å². The van der Waals surface area contributed by atoms with Crippen molar-refractivity contribution in [1.29, 1.82) is 0 Å². The van der Waals surface area contributed by atoms with Crippen LogP contribution in [0, 0.1) is 13.8 Å². The molecule has 0 saturated carbocycles. The van der Waals surface area contributed by atoms with Crippen LogP contribution in [0.15, 0.2) is 82.8 Å². The van der Waals surface area contributed by atoms with E-state index in [-0.39, 0.29) is 16.8 Å². The minimum absolute atomic E-state index is 0.0425. The van der Waals surface area contributed by atoms with Gasteiger partial charge in [-0.1, -0.05) is 71.2 Å². The molecule has 0 atom stereocenters. The number of aryl methyl sites for hydroxylation is 2. The molecule has 2 aliphatic rings. The predicted octanol–water partition coefficient (Wildman–Crippen LogP) is 8.29. The van der Waals surface area contributed by atoms with Gasteiger partial charge >= 0.3 is 0 Å². The van der Waals surface area contributed by atoms with Crippen molar-refractivity contribution in [3.05, 3.63) is 105 Å². The van der Waals surface area contributed by atoms with Gasteiger partial charge in [0.1, 0.15) is 43.6 Å². The summed E-state index contributed by atoms with van der Waals surface area (Å²) in [6.07, 6.45) is 0. The van der Waals surface area contributed by atoms with Crippen LogP contribution in [-0.4, -0.2) is 6.79 Å². The van der Waals surface area contributed by atoms with E-state index in [2.05, 4.69) is 0 Å². The number of ether oxygens (including phenoxy) is 4. The molecule has 0 fully saturated rings. The molecule has 0 aromatic heterocycles. The topological polar surface area (TPSA) is 61.6 Å². The number of benzene rings is 5. The second-order valence-corrected chi connectivity index (χ2v) is 10.1. The Labute approximate surface area is 233 Å². The summed E-state index contributed by atoms with van der Waals surface area (Å²) in [4.78, 5) is 9.57. The maximum atomic E-state index is 6.85. The van der Waals surface area contributed by atoms with Crippen molar-refractivity contribution in [2.75, 3.05) is 6.79 Å². The van der Waals surface area contributed by atoms with Gasteiger partial charge in [0, 0.05) is 11.5 Å². The quantitative estimate of drug-likeness (QED) is 0.205. The van der Waals surface area contributed by atoms with Gasteiger partial charge in [-0.3, -0.25) is 0 Å². The van der Waals surface area contributed by atoms with E-state index in [0.717, 1.165) is 27.6 Å². The van der Waals surface area contributed by atoms with Gasteiger partial charge in [-0.15, -0.1) is 0 Å². The maximum Gasteiger partial charge on any atom is 0.230 e. The first kappa shape index (κ1) is 23.8. The van der Waals surface area contributed by atoms with Crippen LogP contribution in [-0.2, 0) is 0 Å². The summed E-state index contributed by atoms with van der Waals surface area (Å²) >= 11 is 13.7. The third-order valence-corrected chi connectivity index (χ3v) is 7.40. The van der Waals surface area contributed by atoms with Crippen molar-refractivity contribution in [3.63, 3.8) is 0 Å². The lowest BCUT2D eigenvalue weighted by atomic mass is 10.1. The second kappa shape index (κ2) is 9.19. The minimum Gasteiger partial charge on any atom is -0.458 e. The second-order valence-electron chi connectivity index (χ2n) is 9.35. The van der Waals surface area contributed by atoms with Crippen LogP contribution in [0.3, 0.4) is 0 Å². The smallest absolute Gasteiger partial charge is 0.230 e. The summed E-state index contributed by atoms with van der Waals surface area (Å²) in [6, 6.07) is 23.3. The Morgan fingerprint density at radius 1 is 0.718 bits per heavy atom. The van der Waals surface area contributed by atoms with Crippen LogP contribution in [0.5, 0.6) is 34.5 Å². The monoisotopic (exact) mass is 554 g/mol. The van der Waals surface area contributed by atoms with Crippen molar-refractivity contribution in [2.45, 2.75) is 13.8 Å². The summed E-state index contributed by atoms with van der Waals surface area (Å²) < 4.78 is 24.2. The Balaban J connectivity index is 1.25. The average molecular weight is 555 g/mol. The molecule has 192 valence electrons. The molecule has 0 bridgehead atoms. The van der Waals surface area contributed by atoms with Gasteiger partial charge in [-0.2, -0.15) is 0 Å². The fourth-order valence-electron chi connectivity index (χ4n) is 4.66. The SMILES string of the molecule is Cc1ccc(OCOc2cc3c(cc2C)N=c2c(Cl)c4c(c(Cl)c2O3)=Nc2ccc3ccccc3c2O4)cc1. The molecule has 2 aliphatic heterocycles. The molecule has 39 heavy (non-hydrogen) atoms. The Morgan fingerprint density at radius 3 is 2.23 bits per heavy atom. The molecule has 5 aromatic rings. The van der Waals surface area contributed by atoms with Gasteiger partial charge in [-0.05, 0) is 49.1 Å². The predicted molar refractivity (Wildman–Crippen MR) is 151 cm³/mol. The Bertz CT molecular complexity index is 1940. The standard InChI is InChI=1S/C31H20Cl2N2O4/c1-16-7-10-19(11-8-16)36-15-37-23-14-24-22(13-17(23)2)35-27-26(33)31-28(25(32)30(27)38-24)34-21-12-9-18-5-3-4-6-20(18)29(21)39-31/h3-14H,15H2,1-2H3. The molecule has 0 aliphatic carbocycles. The first-order valence-corrected chi connectivity index (χ1v) is 13.0. The largest absolute Gasteiger partial charge is 0.458 e. The van der Waals surface area contributed by atoms with Gasteiger partial charge < -0.3 is 18.9 Å². The fourth-order valence-corrected chi connectivity index (χ4v) is 5.17. The number of fused-ring (bicyclic) bond motifs is 6. The molecule has 0 amide bonds. The highest BCUT2D eigenvalue weighted by molar-refractivity contribution is 6.35. The van der Waals surface area contributed by atoms with Crippen molar-refractivity contribution in [3.8, 4) is 34.5 Å². The lowest BCUT2D eigenvalue weighted by molar-refractivity contribution is 0.119. The van der Waals surface area contributed by atoms with Crippen molar-refractivity contribution in [2.24, 2.45) is 9.98 Å². The van der Waals surface area contributed by atoms with Gasteiger partial charge in [0.2, 0.25) is 6.79 Å². The lowest BCUT2D eigenvalue weighted by Gasteiger charge is -2.22. The van der Waals surface area contributed by atoms with Crippen LogP contribution in [0.4, 0.5) is 11.4 Å². The van der Waals surface area contributed by atoms with Crippen LogP contribution in [0.2, 0.25) is 10.0 Å². The zero-order valence-corrected chi connectivity index (χ0v) is 22.4. The highest BCUT2D eigenvalue weighted by atomic mass is 35.5. The van der Waals surface area contributed by atoms with Crippen LogP contribution < -0.4 is 29.7 Å². The van der Waals surface area contributed by atoms with E-state index >= 15 is 0 Å². The van der Waals surface area contributed by atoms with E-state index in [9.17, 15) is 0 Å². The Morgan fingerprint density at radius 2 is 1.44 bits per heavy atom. The third-order valence-electron chi connectivity index (χ3n) is 6.70. The third kappa shape index (κ3) is 4.04. The van der Waals surface area contributed by atoms with E-state index in [4.69, 9.17) is 52.1 Å². The summed E-state index contributed by atoms with van der Waals surface area (Å²) in [7, 11) is 0. The molecule has 2 heterocycles. The summed E-state index contributed by atoms with van der Waals surface area (Å²) in [5.41, 5.74) is 3.28. The zero-order valence-electron chi connectivity index (χ0n) is 20.9. The lowest BCUT2D eigenvalue weighted by Crippen LogP contribution is -2.22. The number of nitrogens with zero attached hydrogens (tertiary/aromatic N) is 2. The number of hydrogen-bond acceptors (Lipinski definition) is 6. The Hall–Kier alpha value is -4.26. The number of halogens is 2. The van der Waals surface area contributed by atoms with Crippen LogP contribution >= 0.6 is 23.2 Å². The highest BCUT2D eigenvalue weighted by Crippen LogP contribution is 2.46. The van der Waals surface area contributed by atoms with Crippen molar-refractivity contribution < 1.29 is 18.9 Å². The van der Waals surface area contributed by atoms with Gasteiger partial charge in [-0.25, -0.2) is 9.98 Å². The average Bonchev–Trinajstić information content (AvgIpc) is 2.95. The summed E-state index contributed by atoms with van der Waals surface area (Å²) in [5, 5.41) is 3.31. The van der Waals surface area contributed by atoms with E-state index in [1.807, 2.05) is 80.6 Å². The molecule has 6 nitrogen and oxygen atoms in total. The highest BCUT2D eigenvalue weighted by Gasteiger charge is 2.28. The molecular formula is C31H20Cl2N2O4.